The van der Waals surface area contributed by atoms with E-state index in [1.807, 2.05) is 4.90 Å². The Morgan fingerprint density at radius 3 is 2.75 bits per heavy atom. The predicted molar refractivity (Wildman–Crippen MR) is 124 cm³/mol. The van der Waals surface area contributed by atoms with E-state index >= 15 is 0 Å². The lowest BCUT2D eigenvalue weighted by Gasteiger charge is -2.30. The number of nitrogens with two attached hydrogens (primary N) is 1. The summed E-state index contributed by atoms with van der Waals surface area (Å²) in [6.45, 7) is 4.89. The van der Waals surface area contributed by atoms with Crippen molar-refractivity contribution in [1.29, 1.82) is 0 Å². The molecule has 4 aliphatic rings. The molecule has 2 amide bonds. The molecule has 6 rings (SSSR count). The molecule has 0 saturated heterocycles. The Kier molecular flexibility index (Phi) is 4.19. The molecular formula is C27H27N3O2. The summed E-state index contributed by atoms with van der Waals surface area (Å²) in [5, 5.41) is 0. The first kappa shape index (κ1) is 19.5. The zero-order valence-electron chi connectivity index (χ0n) is 18.2. The fourth-order valence-corrected chi connectivity index (χ4v) is 6.06. The van der Waals surface area contributed by atoms with Crippen molar-refractivity contribution in [2.75, 3.05) is 6.54 Å². The maximum atomic E-state index is 12.2. The van der Waals surface area contributed by atoms with Crippen molar-refractivity contribution in [3.05, 3.63) is 70.4 Å². The predicted octanol–water partition coefficient (Wildman–Crippen LogP) is 4.19. The number of nitrogens with zero attached hydrogens (tertiary/aromatic N) is 2. The molecule has 2 heterocycles. The van der Waals surface area contributed by atoms with Crippen LogP contribution in [0.5, 0.6) is 0 Å². The van der Waals surface area contributed by atoms with Crippen LogP contribution in [0, 0.1) is 5.41 Å². The molecule has 1 aromatic carbocycles. The number of carbonyl (C=O) groups is 2. The number of aromatic nitrogens is 1. The summed E-state index contributed by atoms with van der Waals surface area (Å²) in [7, 11) is 0. The summed E-state index contributed by atoms with van der Waals surface area (Å²) in [6, 6.07) is 6.30. The Morgan fingerprint density at radius 2 is 2.00 bits per heavy atom. The normalized spacial score (nSPS) is 19.9. The van der Waals surface area contributed by atoms with Crippen molar-refractivity contribution in [1.82, 2.24) is 9.88 Å². The molecule has 3 aliphatic carbocycles. The molecule has 5 nitrogen and oxygen atoms in total. The second kappa shape index (κ2) is 6.89. The van der Waals surface area contributed by atoms with Gasteiger partial charge in [-0.2, -0.15) is 0 Å². The largest absolute Gasteiger partial charge is 0.366 e. The first-order valence-corrected chi connectivity index (χ1v) is 11.5. The van der Waals surface area contributed by atoms with Crippen LogP contribution in [0.2, 0.25) is 0 Å². The quantitative estimate of drug-likeness (QED) is 0.749. The van der Waals surface area contributed by atoms with Gasteiger partial charge in [-0.3, -0.25) is 14.6 Å². The molecule has 0 bridgehead atoms. The Balaban J connectivity index is 1.50. The lowest BCUT2D eigenvalue weighted by molar-refractivity contribution is -0.126. The molecule has 5 heteroatoms. The maximum Gasteiger partial charge on any atom is 0.250 e. The first-order chi connectivity index (χ1) is 15.5. The molecule has 1 spiro atoms. The first-order valence-electron chi connectivity index (χ1n) is 11.5. The van der Waals surface area contributed by atoms with Crippen molar-refractivity contribution in [3.63, 3.8) is 0 Å². The summed E-state index contributed by atoms with van der Waals surface area (Å²) >= 11 is 0. The molecule has 1 aliphatic heterocycles. The number of rotatable bonds is 3. The third-order valence-corrected chi connectivity index (χ3v) is 8.04. The van der Waals surface area contributed by atoms with Crippen LogP contribution in [-0.4, -0.2) is 28.2 Å². The van der Waals surface area contributed by atoms with Gasteiger partial charge < -0.3 is 10.6 Å². The van der Waals surface area contributed by atoms with Crippen molar-refractivity contribution in [3.8, 4) is 11.3 Å². The minimum atomic E-state index is -0.394. The van der Waals surface area contributed by atoms with Crippen molar-refractivity contribution in [2.24, 2.45) is 11.1 Å². The Bertz CT molecular complexity index is 1240. The Labute approximate surface area is 188 Å². The molecule has 162 valence electrons. The van der Waals surface area contributed by atoms with E-state index in [4.69, 9.17) is 10.7 Å². The molecule has 2 N–H and O–H groups in total. The standard InChI is InChI=1S/C27H27N3O2/c1-2-23(31)30-11-7-18-17(15-30)4-3-5-19(18)25-24-20(22(14-29-25)26(28)32)12-16-6-8-27(9-10-27)13-21(16)24/h2-5,14H,1,6-13,15H2,(H2,28,32). The van der Waals surface area contributed by atoms with E-state index in [0.29, 0.717) is 24.1 Å². The molecule has 1 aromatic heterocycles. The number of primary amides is 1. The average Bonchev–Trinajstić information content (AvgIpc) is 3.45. The van der Waals surface area contributed by atoms with Gasteiger partial charge in [-0.15, -0.1) is 0 Å². The van der Waals surface area contributed by atoms with E-state index in [-0.39, 0.29) is 5.91 Å². The second-order valence-corrected chi connectivity index (χ2v) is 9.83. The van der Waals surface area contributed by atoms with Gasteiger partial charge in [0.2, 0.25) is 5.91 Å². The van der Waals surface area contributed by atoms with Crippen molar-refractivity contribution in [2.45, 2.75) is 51.5 Å². The number of fused-ring (bicyclic) bond motifs is 3. The van der Waals surface area contributed by atoms with Crippen molar-refractivity contribution < 1.29 is 9.59 Å². The highest BCUT2D eigenvalue weighted by Crippen LogP contribution is 2.61. The number of benzene rings is 1. The van der Waals surface area contributed by atoms with E-state index in [1.54, 1.807) is 6.20 Å². The van der Waals surface area contributed by atoms with Gasteiger partial charge in [0.15, 0.2) is 0 Å². The molecule has 0 unspecified atom stereocenters. The van der Waals surface area contributed by atoms with E-state index in [1.165, 1.54) is 47.6 Å². The van der Waals surface area contributed by atoms with Crippen LogP contribution in [0.4, 0.5) is 0 Å². The molecule has 1 fully saturated rings. The van der Waals surface area contributed by atoms with Gasteiger partial charge >= 0.3 is 0 Å². The van der Waals surface area contributed by atoms with Gasteiger partial charge in [-0.05, 0) is 78.7 Å². The summed E-state index contributed by atoms with van der Waals surface area (Å²) in [5.41, 5.74) is 16.5. The van der Waals surface area contributed by atoms with E-state index in [9.17, 15) is 9.59 Å². The summed E-state index contributed by atoms with van der Waals surface area (Å²) in [5.74, 6) is -0.424. The molecule has 0 atom stereocenters. The Morgan fingerprint density at radius 1 is 1.16 bits per heavy atom. The average molecular weight is 426 g/mol. The third kappa shape index (κ3) is 2.87. The van der Waals surface area contributed by atoms with Crippen LogP contribution in [0.15, 0.2) is 42.6 Å². The minimum absolute atomic E-state index is 0.0300. The zero-order valence-corrected chi connectivity index (χ0v) is 18.2. The van der Waals surface area contributed by atoms with Gasteiger partial charge in [0.25, 0.3) is 5.91 Å². The van der Waals surface area contributed by atoms with Crippen molar-refractivity contribution >= 4 is 17.4 Å². The smallest absolute Gasteiger partial charge is 0.250 e. The zero-order chi connectivity index (χ0) is 22.0. The van der Waals surface area contributed by atoms with E-state index in [0.717, 1.165) is 48.1 Å². The lowest BCUT2D eigenvalue weighted by Crippen LogP contribution is -2.35. The highest BCUT2D eigenvalue weighted by molar-refractivity contribution is 5.99. The van der Waals surface area contributed by atoms with Crippen LogP contribution < -0.4 is 5.73 Å². The van der Waals surface area contributed by atoms with Gasteiger partial charge in [0, 0.05) is 30.4 Å². The highest BCUT2D eigenvalue weighted by atomic mass is 16.2. The minimum Gasteiger partial charge on any atom is -0.366 e. The number of carbonyl (C=O) groups excluding carboxylic acids is 2. The number of pyridine rings is 1. The SMILES string of the molecule is C=CC(=O)N1CCc2c(cccc2-c2ncc(C(N)=O)c3c2C2=C(CCC4(CC4)C2)C3)C1. The van der Waals surface area contributed by atoms with E-state index < -0.39 is 5.91 Å². The molecule has 1 saturated carbocycles. The summed E-state index contributed by atoms with van der Waals surface area (Å²) in [6.07, 6.45) is 10.8. The monoisotopic (exact) mass is 425 g/mol. The topological polar surface area (TPSA) is 76.3 Å². The lowest BCUT2D eigenvalue weighted by atomic mass is 9.80. The van der Waals surface area contributed by atoms with Crippen LogP contribution in [0.3, 0.4) is 0 Å². The molecular weight excluding hydrogens is 398 g/mol. The number of hydrogen-bond acceptors (Lipinski definition) is 3. The van der Waals surface area contributed by atoms with E-state index in [2.05, 4.69) is 24.8 Å². The van der Waals surface area contributed by atoms with Gasteiger partial charge in [0.05, 0.1) is 11.3 Å². The van der Waals surface area contributed by atoms with Gasteiger partial charge in [0.1, 0.15) is 0 Å². The maximum absolute atomic E-state index is 12.2. The summed E-state index contributed by atoms with van der Waals surface area (Å²) in [4.78, 5) is 31.1. The second-order valence-electron chi connectivity index (χ2n) is 9.83. The third-order valence-electron chi connectivity index (χ3n) is 8.04. The fourth-order valence-electron chi connectivity index (χ4n) is 6.06. The fraction of sp³-hybridized carbons (Fsp3) is 0.370. The van der Waals surface area contributed by atoms with Crippen LogP contribution in [0.25, 0.3) is 16.8 Å². The van der Waals surface area contributed by atoms with Crippen LogP contribution in [-0.2, 0) is 24.2 Å². The van der Waals surface area contributed by atoms with Gasteiger partial charge in [-0.25, -0.2) is 0 Å². The molecule has 2 aromatic rings. The van der Waals surface area contributed by atoms with Gasteiger partial charge in [-0.1, -0.05) is 30.4 Å². The number of allylic oxidation sites excluding steroid dienone is 2. The molecule has 32 heavy (non-hydrogen) atoms. The molecule has 0 radical (unpaired) electrons. The number of hydrogen-bond donors (Lipinski definition) is 1. The van der Waals surface area contributed by atoms with Crippen LogP contribution >= 0.6 is 0 Å². The summed E-state index contributed by atoms with van der Waals surface area (Å²) < 4.78 is 0. The number of amides is 2. The highest BCUT2D eigenvalue weighted by Gasteiger charge is 2.47. The Hall–Kier alpha value is -3.21. The van der Waals surface area contributed by atoms with Crippen LogP contribution in [0.1, 0.15) is 64.7 Å².